The van der Waals surface area contributed by atoms with Crippen molar-refractivity contribution in [3.8, 4) is 0 Å². The fourth-order valence-corrected chi connectivity index (χ4v) is 2.34. The van der Waals surface area contributed by atoms with Gasteiger partial charge >= 0.3 is 5.97 Å². The van der Waals surface area contributed by atoms with Crippen molar-refractivity contribution >= 4 is 17.8 Å². The Morgan fingerprint density at radius 3 is 2.04 bits per heavy atom. The lowest BCUT2D eigenvalue weighted by Gasteiger charge is -2.21. The number of carboxylic acids is 1. The van der Waals surface area contributed by atoms with E-state index in [2.05, 4.69) is 10.6 Å². The fraction of sp³-hybridized carbons (Fsp3) is 0.211. The van der Waals surface area contributed by atoms with Crippen LogP contribution in [0.25, 0.3) is 0 Å². The zero-order valence-corrected chi connectivity index (χ0v) is 13.8. The first kappa shape index (κ1) is 18.2. The second-order valence-electron chi connectivity index (χ2n) is 5.63. The lowest BCUT2D eigenvalue weighted by Crippen LogP contribution is -2.46. The van der Waals surface area contributed by atoms with E-state index in [9.17, 15) is 14.4 Å². The SMILES string of the molecule is CC(NC(=O)c1ccccc1)C(=O)NC(CC(=O)O)c1ccccc1. The predicted molar refractivity (Wildman–Crippen MR) is 92.9 cm³/mol. The van der Waals surface area contributed by atoms with Crippen molar-refractivity contribution in [2.75, 3.05) is 0 Å². The predicted octanol–water partition coefficient (Wildman–Crippen LogP) is 2.14. The molecule has 3 N–H and O–H groups in total. The molecule has 6 nitrogen and oxygen atoms in total. The van der Waals surface area contributed by atoms with Gasteiger partial charge in [-0.25, -0.2) is 0 Å². The smallest absolute Gasteiger partial charge is 0.305 e. The molecule has 2 unspecified atom stereocenters. The van der Waals surface area contributed by atoms with Crippen LogP contribution in [0.2, 0.25) is 0 Å². The molecule has 2 aromatic carbocycles. The highest BCUT2D eigenvalue weighted by molar-refractivity contribution is 5.97. The van der Waals surface area contributed by atoms with E-state index in [1.807, 2.05) is 6.07 Å². The molecule has 2 rings (SSSR count). The molecule has 0 aliphatic carbocycles. The number of carboxylic acid groups (broad SMARTS) is 1. The molecule has 0 bridgehead atoms. The average molecular weight is 340 g/mol. The van der Waals surface area contributed by atoms with Crippen molar-refractivity contribution in [3.05, 3.63) is 71.8 Å². The van der Waals surface area contributed by atoms with Crippen molar-refractivity contribution in [1.29, 1.82) is 0 Å². The van der Waals surface area contributed by atoms with Gasteiger partial charge in [-0.05, 0) is 24.6 Å². The Balaban J connectivity index is 2.02. The Morgan fingerprint density at radius 1 is 0.920 bits per heavy atom. The van der Waals surface area contributed by atoms with Crippen LogP contribution in [-0.4, -0.2) is 28.9 Å². The van der Waals surface area contributed by atoms with Gasteiger partial charge in [0.1, 0.15) is 6.04 Å². The molecule has 130 valence electrons. The second kappa shape index (κ2) is 8.63. The molecular weight excluding hydrogens is 320 g/mol. The Morgan fingerprint density at radius 2 is 1.48 bits per heavy atom. The summed E-state index contributed by atoms with van der Waals surface area (Å²) in [6.45, 7) is 1.55. The molecule has 2 atom stereocenters. The number of hydrogen-bond acceptors (Lipinski definition) is 3. The molecule has 0 radical (unpaired) electrons. The van der Waals surface area contributed by atoms with Crippen molar-refractivity contribution < 1.29 is 19.5 Å². The lowest BCUT2D eigenvalue weighted by atomic mass is 10.0. The van der Waals surface area contributed by atoms with E-state index in [1.165, 1.54) is 0 Å². The molecule has 0 saturated carbocycles. The highest BCUT2D eigenvalue weighted by Gasteiger charge is 2.22. The molecule has 6 heteroatoms. The van der Waals surface area contributed by atoms with Crippen LogP contribution in [0.5, 0.6) is 0 Å². The van der Waals surface area contributed by atoms with Gasteiger partial charge in [0.25, 0.3) is 5.91 Å². The van der Waals surface area contributed by atoms with Crippen LogP contribution >= 0.6 is 0 Å². The second-order valence-corrected chi connectivity index (χ2v) is 5.63. The minimum atomic E-state index is -1.02. The first-order chi connectivity index (χ1) is 12.0. The van der Waals surface area contributed by atoms with Gasteiger partial charge in [0, 0.05) is 5.56 Å². The number of rotatable bonds is 7. The van der Waals surface area contributed by atoms with Gasteiger partial charge in [0.15, 0.2) is 0 Å². The third-order valence-corrected chi connectivity index (χ3v) is 3.67. The highest BCUT2D eigenvalue weighted by atomic mass is 16.4. The zero-order valence-electron chi connectivity index (χ0n) is 13.8. The van der Waals surface area contributed by atoms with Crippen LogP contribution in [0, 0.1) is 0 Å². The van der Waals surface area contributed by atoms with Crippen molar-refractivity contribution in [2.24, 2.45) is 0 Å². The number of benzene rings is 2. The number of carbonyl (C=O) groups excluding carboxylic acids is 2. The Kier molecular flexibility index (Phi) is 6.28. The van der Waals surface area contributed by atoms with E-state index < -0.39 is 24.0 Å². The summed E-state index contributed by atoms with van der Waals surface area (Å²) < 4.78 is 0. The Labute approximate surface area is 145 Å². The van der Waals surface area contributed by atoms with Gasteiger partial charge in [-0.3, -0.25) is 14.4 Å². The minimum absolute atomic E-state index is 0.241. The monoisotopic (exact) mass is 340 g/mol. The van der Waals surface area contributed by atoms with E-state index in [4.69, 9.17) is 5.11 Å². The highest BCUT2D eigenvalue weighted by Crippen LogP contribution is 2.16. The molecule has 0 spiro atoms. The average Bonchev–Trinajstić information content (AvgIpc) is 2.62. The molecule has 0 fully saturated rings. The van der Waals surface area contributed by atoms with E-state index in [1.54, 1.807) is 61.5 Å². The normalized spacial score (nSPS) is 12.7. The lowest BCUT2D eigenvalue weighted by molar-refractivity contribution is -0.137. The van der Waals surface area contributed by atoms with E-state index in [0.717, 1.165) is 0 Å². The molecule has 0 aliphatic rings. The van der Waals surface area contributed by atoms with Crippen LogP contribution in [-0.2, 0) is 9.59 Å². The summed E-state index contributed by atoms with van der Waals surface area (Å²) in [4.78, 5) is 35.5. The van der Waals surface area contributed by atoms with Crippen molar-refractivity contribution in [1.82, 2.24) is 10.6 Å². The maximum absolute atomic E-state index is 12.4. The summed E-state index contributed by atoms with van der Waals surface area (Å²) in [5.74, 6) is -1.83. The third kappa shape index (κ3) is 5.46. The molecule has 2 amide bonds. The summed E-state index contributed by atoms with van der Waals surface area (Å²) in [5.41, 5.74) is 1.15. The summed E-state index contributed by atoms with van der Waals surface area (Å²) in [6.07, 6.45) is -0.241. The molecule has 0 saturated heterocycles. The third-order valence-electron chi connectivity index (χ3n) is 3.67. The minimum Gasteiger partial charge on any atom is -0.481 e. The van der Waals surface area contributed by atoms with Crippen LogP contribution in [0.1, 0.15) is 35.3 Å². The van der Waals surface area contributed by atoms with E-state index >= 15 is 0 Å². The van der Waals surface area contributed by atoms with Crippen LogP contribution in [0.4, 0.5) is 0 Å². The molecule has 0 heterocycles. The van der Waals surface area contributed by atoms with Gasteiger partial charge in [-0.2, -0.15) is 0 Å². The van der Waals surface area contributed by atoms with Crippen molar-refractivity contribution in [3.63, 3.8) is 0 Å². The quantitative estimate of drug-likeness (QED) is 0.719. The standard InChI is InChI=1S/C19H20N2O4/c1-13(20-19(25)15-10-6-3-7-11-15)18(24)21-16(12-17(22)23)14-8-4-2-5-9-14/h2-11,13,16H,12H2,1H3,(H,20,25)(H,21,24)(H,22,23). The van der Waals surface area contributed by atoms with Gasteiger partial charge in [0.05, 0.1) is 12.5 Å². The molecule has 0 aliphatic heterocycles. The van der Waals surface area contributed by atoms with Crippen LogP contribution in [0.3, 0.4) is 0 Å². The number of carbonyl (C=O) groups is 3. The molecule has 2 aromatic rings. The number of aliphatic carboxylic acids is 1. The van der Waals surface area contributed by atoms with E-state index in [-0.39, 0.29) is 12.3 Å². The first-order valence-electron chi connectivity index (χ1n) is 7.90. The van der Waals surface area contributed by atoms with Gasteiger partial charge in [0.2, 0.25) is 5.91 Å². The van der Waals surface area contributed by atoms with Crippen LogP contribution in [0.15, 0.2) is 60.7 Å². The fourth-order valence-electron chi connectivity index (χ4n) is 2.34. The number of nitrogens with one attached hydrogen (secondary N) is 2. The number of hydrogen-bond donors (Lipinski definition) is 3. The summed E-state index contributed by atoms with van der Waals surface area (Å²) in [7, 11) is 0. The summed E-state index contributed by atoms with van der Waals surface area (Å²) >= 11 is 0. The van der Waals surface area contributed by atoms with Gasteiger partial charge in [-0.1, -0.05) is 48.5 Å². The van der Waals surface area contributed by atoms with Gasteiger partial charge < -0.3 is 15.7 Å². The first-order valence-corrected chi connectivity index (χ1v) is 7.90. The summed E-state index contributed by atoms with van der Waals surface area (Å²) in [5, 5.41) is 14.4. The van der Waals surface area contributed by atoms with Crippen LogP contribution < -0.4 is 10.6 Å². The maximum atomic E-state index is 12.4. The largest absolute Gasteiger partial charge is 0.481 e. The van der Waals surface area contributed by atoms with Crippen molar-refractivity contribution in [2.45, 2.75) is 25.4 Å². The Bertz CT molecular complexity index is 732. The topological polar surface area (TPSA) is 95.5 Å². The number of amides is 2. The Hall–Kier alpha value is -3.15. The molecule has 0 aromatic heterocycles. The molecule has 25 heavy (non-hydrogen) atoms. The summed E-state index contributed by atoms with van der Waals surface area (Å²) in [6, 6.07) is 16.0. The van der Waals surface area contributed by atoms with E-state index in [0.29, 0.717) is 11.1 Å². The zero-order chi connectivity index (χ0) is 18.2. The maximum Gasteiger partial charge on any atom is 0.305 e. The molecular formula is C19H20N2O4. The van der Waals surface area contributed by atoms with Gasteiger partial charge in [-0.15, -0.1) is 0 Å².